The molecule has 106 valence electrons. The van der Waals surface area contributed by atoms with Crippen molar-refractivity contribution in [1.29, 1.82) is 0 Å². The van der Waals surface area contributed by atoms with Crippen molar-refractivity contribution in [3.05, 3.63) is 46.2 Å². The maximum Gasteiger partial charge on any atom is 0.341 e. The molecule has 0 amide bonds. The molecule has 0 aliphatic carbocycles. The zero-order valence-electron chi connectivity index (χ0n) is 10.4. The third-order valence-corrected chi connectivity index (χ3v) is 2.68. The van der Waals surface area contributed by atoms with E-state index in [4.69, 9.17) is 38.8 Å². The van der Waals surface area contributed by atoms with Crippen molar-refractivity contribution >= 4 is 35.1 Å². The molecule has 0 aliphatic rings. The van der Waals surface area contributed by atoms with E-state index >= 15 is 0 Å². The van der Waals surface area contributed by atoms with Crippen molar-refractivity contribution in [2.45, 2.75) is 0 Å². The fraction of sp³-hybridized carbons (Fsp3) is 0.0833. The number of carboxylic acids is 1. The summed E-state index contributed by atoms with van der Waals surface area (Å²) < 4.78 is 4.82. The van der Waals surface area contributed by atoms with Crippen LogP contribution >= 0.6 is 23.2 Å². The van der Waals surface area contributed by atoms with Crippen LogP contribution in [0.4, 0.5) is 5.95 Å². The number of aromatic carboxylic acids is 1. The highest BCUT2D eigenvalue weighted by atomic mass is 35.5. The number of hydrogen-bond donors (Lipinski definition) is 2. The fourth-order valence-electron chi connectivity index (χ4n) is 1.24. The van der Waals surface area contributed by atoms with E-state index in [1.54, 1.807) is 18.5 Å². The molecule has 0 aliphatic heterocycles. The molecule has 0 saturated carbocycles. The molecular formula is C12H11Cl2N3O3. The third-order valence-electron chi connectivity index (χ3n) is 2.06. The van der Waals surface area contributed by atoms with Crippen LogP contribution in [-0.4, -0.2) is 28.2 Å². The minimum Gasteiger partial charge on any atom is -0.494 e. The predicted molar refractivity (Wildman–Crippen MR) is 76.4 cm³/mol. The zero-order valence-corrected chi connectivity index (χ0v) is 11.9. The maximum atomic E-state index is 10.7. The van der Waals surface area contributed by atoms with Crippen LogP contribution in [0.3, 0.4) is 0 Å². The Morgan fingerprint density at radius 1 is 1.25 bits per heavy atom. The molecule has 1 aromatic carbocycles. The summed E-state index contributed by atoms with van der Waals surface area (Å²) in [6.45, 7) is 0. The van der Waals surface area contributed by atoms with Crippen LogP contribution in [0.15, 0.2) is 30.6 Å². The summed E-state index contributed by atoms with van der Waals surface area (Å²) in [5.74, 6) is -0.756. The van der Waals surface area contributed by atoms with Crippen LogP contribution in [0.1, 0.15) is 10.4 Å². The second-order valence-corrected chi connectivity index (χ2v) is 4.16. The van der Waals surface area contributed by atoms with Gasteiger partial charge in [-0.25, -0.2) is 14.8 Å². The molecule has 8 heteroatoms. The minimum atomic E-state index is -1.16. The van der Waals surface area contributed by atoms with E-state index in [1.165, 1.54) is 19.2 Å². The summed E-state index contributed by atoms with van der Waals surface area (Å²) in [6, 6.07) is 4.61. The van der Waals surface area contributed by atoms with Gasteiger partial charge in [-0.05, 0) is 18.2 Å². The molecule has 3 N–H and O–H groups in total. The second kappa shape index (κ2) is 7.52. The van der Waals surface area contributed by atoms with Crippen LogP contribution < -0.4 is 10.5 Å². The fourth-order valence-corrected chi connectivity index (χ4v) is 1.71. The van der Waals surface area contributed by atoms with Crippen LogP contribution in [0.2, 0.25) is 10.0 Å². The Kier molecular flexibility index (Phi) is 6.02. The lowest BCUT2D eigenvalue weighted by molar-refractivity contribution is 0.0693. The van der Waals surface area contributed by atoms with E-state index in [0.717, 1.165) is 0 Å². The van der Waals surface area contributed by atoms with Crippen molar-refractivity contribution in [1.82, 2.24) is 9.97 Å². The van der Waals surface area contributed by atoms with Gasteiger partial charge in [-0.3, -0.25) is 0 Å². The number of nitrogens with two attached hydrogens (primary N) is 1. The van der Waals surface area contributed by atoms with E-state index < -0.39 is 5.97 Å². The van der Waals surface area contributed by atoms with Gasteiger partial charge in [0.1, 0.15) is 5.56 Å². The van der Waals surface area contributed by atoms with Gasteiger partial charge in [-0.1, -0.05) is 23.2 Å². The molecule has 0 radical (unpaired) electrons. The van der Waals surface area contributed by atoms with Crippen molar-refractivity contribution in [3.63, 3.8) is 0 Å². The normalized spacial score (nSPS) is 9.35. The van der Waals surface area contributed by atoms with Crippen molar-refractivity contribution in [2.24, 2.45) is 0 Å². The lowest BCUT2D eigenvalue weighted by atomic mass is 10.2. The average Bonchev–Trinajstić information content (AvgIpc) is 2.42. The number of carbonyl (C=O) groups is 1. The van der Waals surface area contributed by atoms with Gasteiger partial charge in [0.25, 0.3) is 0 Å². The Morgan fingerprint density at radius 2 is 1.80 bits per heavy atom. The minimum absolute atomic E-state index is 0.0849. The molecule has 0 unspecified atom stereocenters. The Hall–Kier alpha value is -2.05. The topological polar surface area (TPSA) is 98.3 Å². The number of aromatic nitrogens is 2. The highest BCUT2D eigenvalue weighted by molar-refractivity contribution is 6.36. The highest BCUT2D eigenvalue weighted by Gasteiger charge is 2.17. The van der Waals surface area contributed by atoms with Gasteiger partial charge in [0.05, 0.1) is 17.2 Å². The lowest BCUT2D eigenvalue weighted by Crippen LogP contribution is -2.01. The van der Waals surface area contributed by atoms with Gasteiger partial charge in [0.15, 0.2) is 5.75 Å². The number of rotatable bonds is 2. The number of halogens is 2. The summed E-state index contributed by atoms with van der Waals surface area (Å²) in [6.07, 6.45) is 3.20. The van der Waals surface area contributed by atoms with Gasteiger partial charge < -0.3 is 15.6 Å². The standard InChI is InChI=1S/C8H6Cl2O3.C4H5N3/c1-13-7-5(10)3-2-4(9)6(7)8(11)12;5-4-6-2-1-3-7-4/h2-3H,1H3,(H,11,12);1-3H,(H2,5,6,7). The van der Waals surface area contributed by atoms with E-state index in [-0.39, 0.29) is 21.4 Å². The van der Waals surface area contributed by atoms with Crippen molar-refractivity contribution in [3.8, 4) is 5.75 Å². The average molecular weight is 316 g/mol. The first-order chi connectivity index (χ1) is 9.47. The van der Waals surface area contributed by atoms with Gasteiger partial charge in [-0.2, -0.15) is 0 Å². The quantitative estimate of drug-likeness (QED) is 0.884. The molecule has 0 saturated heterocycles. The van der Waals surface area contributed by atoms with Gasteiger partial charge in [-0.15, -0.1) is 0 Å². The molecule has 6 nitrogen and oxygen atoms in total. The van der Waals surface area contributed by atoms with E-state index in [0.29, 0.717) is 5.95 Å². The Balaban J connectivity index is 0.000000240. The molecule has 0 bridgehead atoms. The smallest absolute Gasteiger partial charge is 0.341 e. The molecular weight excluding hydrogens is 305 g/mol. The molecule has 0 spiro atoms. The third kappa shape index (κ3) is 4.25. The summed E-state index contributed by atoms with van der Waals surface area (Å²) >= 11 is 11.4. The summed E-state index contributed by atoms with van der Waals surface area (Å²) in [5.41, 5.74) is 5.02. The Labute approximate surface area is 125 Å². The number of anilines is 1. The van der Waals surface area contributed by atoms with Crippen LogP contribution in [0, 0.1) is 0 Å². The molecule has 2 aromatic rings. The number of nitrogen functional groups attached to an aromatic ring is 1. The molecule has 20 heavy (non-hydrogen) atoms. The number of ether oxygens (including phenoxy) is 1. The van der Waals surface area contributed by atoms with Crippen LogP contribution in [0.5, 0.6) is 5.75 Å². The van der Waals surface area contributed by atoms with Crippen molar-refractivity contribution < 1.29 is 14.6 Å². The summed E-state index contributed by atoms with van der Waals surface area (Å²) in [5, 5.41) is 9.11. The molecule has 1 heterocycles. The van der Waals surface area contributed by atoms with E-state index in [1.807, 2.05) is 0 Å². The molecule has 0 atom stereocenters. The molecule has 1 aromatic heterocycles. The first kappa shape index (κ1) is 16.0. The first-order valence-corrected chi connectivity index (χ1v) is 6.00. The van der Waals surface area contributed by atoms with Gasteiger partial charge in [0.2, 0.25) is 5.95 Å². The molecule has 2 rings (SSSR count). The SMILES string of the molecule is COc1c(Cl)ccc(Cl)c1C(=O)O.Nc1ncccn1. The first-order valence-electron chi connectivity index (χ1n) is 5.25. The number of nitrogens with zero attached hydrogens (tertiary/aromatic N) is 2. The number of methoxy groups -OCH3 is 1. The van der Waals surface area contributed by atoms with E-state index in [2.05, 4.69) is 9.97 Å². The van der Waals surface area contributed by atoms with Crippen LogP contribution in [0.25, 0.3) is 0 Å². The number of hydrogen-bond acceptors (Lipinski definition) is 5. The van der Waals surface area contributed by atoms with Gasteiger partial charge >= 0.3 is 5.97 Å². The lowest BCUT2D eigenvalue weighted by Gasteiger charge is -2.07. The number of carboxylic acid groups (broad SMARTS) is 1. The highest BCUT2D eigenvalue weighted by Crippen LogP contribution is 2.33. The molecule has 0 fully saturated rings. The Morgan fingerprint density at radius 3 is 2.15 bits per heavy atom. The Bertz CT molecular complexity index is 594. The predicted octanol–water partition coefficient (Wildman–Crippen LogP) is 2.76. The summed E-state index contributed by atoms with van der Waals surface area (Å²) in [7, 11) is 1.34. The zero-order chi connectivity index (χ0) is 15.1. The van der Waals surface area contributed by atoms with Crippen molar-refractivity contribution in [2.75, 3.05) is 12.8 Å². The summed E-state index contributed by atoms with van der Waals surface area (Å²) in [4.78, 5) is 18.0. The monoisotopic (exact) mass is 315 g/mol. The second-order valence-electron chi connectivity index (χ2n) is 3.35. The van der Waals surface area contributed by atoms with Gasteiger partial charge in [0, 0.05) is 12.4 Å². The largest absolute Gasteiger partial charge is 0.494 e. The maximum absolute atomic E-state index is 10.7. The number of benzene rings is 1. The van der Waals surface area contributed by atoms with E-state index in [9.17, 15) is 4.79 Å². The van der Waals surface area contributed by atoms with Crippen LogP contribution in [-0.2, 0) is 0 Å².